The topological polar surface area (TPSA) is 87.2 Å². The first-order valence-corrected chi connectivity index (χ1v) is 9.85. The Hall–Kier alpha value is -1.22. The van der Waals surface area contributed by atoms with Crippen LogP contribution in [0.5, 0.6) is 0 Å². The summed E-state index contributed by atoms with van der Waals surface area (Å²) in [5.41, 5.74) is -0.481. The summed E-state index contributed by atoms with van der Waals surface area (Å²) in [7, 11) is 0. The molecule has 0 aromatic rings. The van der Waals surface area contributed by atoms with Gasteiger partial charge in [-0.25, -0.2) is 13.5 Å². The predicted molar refractivity (Wildman–Crippen MR) is 98.0 cm³/mol. The Bertz CT molecular complexity index is 616. The van der Waals surface area contributed by atoms with Crippen LogP contribution < -0.4 is 0 Å². The number of ether oxygens (including phenoxy) is 1. The summed E-state index contributed by atoms with van der Waals surface area (Å²) in [6, 6.07) is -0.0305. The number of hydrogen-bond donors (Lipinski definition) is 1. The summed E-state index contributed by atoms with van der Waals surface area (Å²) in [5.74, 6) is -0.753. The van der Waals surface area contributed by atoms with E-state index in [1.165, 1.54) is 20.6 Å². The molecule has 2 atom stereocenters. The lowest BCUT2D eigenvalue weighted by molar-refractivity contribution is -0.155. The number of hydrogen-bond acceptors (Lipinski definition) is 5. The van der Waals surface area contributed by atoms with E-state index in [0.29, 0.717) is 23.6 Å². The van der Waals surface area contributed by atoms with Crippen LogP contribution in [0.2, 0.25) is 0 Å². The molecular weight excluding hydrogens is 412 g/mol. The second-order valence-corrected chi connectivity index (χ2v) is 9.03. The number of thioether (sulfide) groups is 1. The zero-order valence-corrected chi connectivity index (χ0v) is 17.1. The van der Waals surface area contributed by atoms with Crippen LogP contribution >= 0.6 is 27.9 Å². The lowest BCUT2D eigenvalue weighted by atomic mass is 9.85. The van der Waals surface area contributed by atoms with E-state index in [1.54, 1.807) is 20.8 Å². The molecule has 0 radical (unpaired) electrons. The van der Waals surface area contributed by atoms with Gasteiger partial charge in [-0.3, -0.25) is 4.79 Å². The Morgan fingerprint density at radius 2 is 2.08 bits per heavy atom. The third-order valence-corrected chi connectivity index (χ3v) is 5.79. The highest BCUT2D eigenvalue weighted by molar-refractivity contribution is 9.07. The maximum absolute atomic E-state index is 12.1. The molecule has 0 bridgehead atoms. The van der Waals surface area contributed by atoms with Crippen molar-refractivity contribution in [2.45, 2.75) is 52.2 Å². The number of β-lactam (4-membered cyclic amide) rings is 1. The number of fused-ring (bicyclic) bond motifs is 1. The minimum Gasteiger partial charge on any atom is -0.477 e. The van der Waals surface area contributed by atoms with Gasteiger partial charge in [-0.15, -0.1) is 11.8 Å². The zero-order chi connectivity index (χ0) is 18.9. The highest BCUT2D eigenvalue weighted by atomic mass is 79.9. The third-order valence-electron chi connectivity index (χ3n) is 4.05. The smallest absolute Gasteiger partial charge is 0.420 e. The molecule has 2 unspecified atom stereocenters. The number of nitrogens with zero attached hydrogens (tertiary/aromatic N) is 2. The Morgan fingerprint density at radius 3 is 2.60 bits per heavy atom. The lowest BCUT2D eigenvalue weighted by Gasteiger charge is -2.42. The molecule has 0 aromatic heterocycles. The second-order valence-electron chi connectivity index (χ2n) is 6.99. The van der Waals surface area contributed by atoms with Crippen molar-refractivity contribution < 1.29 is 24.2 Å². The van der Waals surface area contributed by atoms with Gasteiger partial charge in [-0.1, -0.05) is 6.92 Å². The Labute approximate surface area is 160 Å². The first-order chi connectivity index (χ1) is 11.6. The number of rotatable bonds is 6. The Morgan fingerprint density at radius 1 is 1.44 bits per heavy atom. The minimum atomic E-state index is -1.07. The molecule has 2 heterocycles. The van der Waals surface area contributed by atoms with Crippen molar-refractivity contribution in [3.63, 3.8) is 0 Å². The van der Waals surface area contributed by atoms with E-state index in [1.807, 2.05) is 6.92 Å². The molecule has 1 fully saturated rings. The number of carboxylic acid groups (broad SMARTS) is 1. The average Bonchev–Trinajstić information content (AvgIpc) is 2.81. The van der Waals surface area contributed by atoms with Crippen LogP contribution in [-0.2, 0) is 14.3 Å². The molecule has 1 saturated heterocycles. The number of carbonyl (C=O) groups excluding carboxylic acids is 2. The molecule has 9 heteroatoms. The van der Waals surface area contributed by atoms with E-state index >= 15 is 0 Å². The van der Waals surface area contributed by atoms with Crippen molar-refractivity contribution in [1.82, 2.24) is 8.83 Å². The molecule has 0 aliphatic carbocycles. The molecular formula is C16H23BrN2O5S. The van der Waals surface area contributed by atoms with Crippen LogP contribution in [0.1, 0.15) is 40.5 Å². The highest BCUT2D eigenvalue weighted by Crippen LogP contribution is 2.46. The Kier molecular flexibility index (Phi) is 6.09. The Balaban J connectivity index is 1.93. The zero-order valence-electron chi connectivity index (χ0n) is 14.7. The monoisotopic (exact) mass is 434 g/mol. The largest absolute Gasteiger partial charge is 0.477 e. The minimum absolute atomic E-state index is 0.0305. The summed E-state index contributed by atoms with van der Waals surface area (Å²) in [6.45, 7) is 7.65. The quantitative estimate of drug-likeness (QED) is 0.509. The predicted octanol–water partition coefficient (Wildman–Crippen LogP) is 3.20. The summed E-state index contributed by atoms with van der Waals surface area (Å²) in [4.78, 5) is 37.6. The molecule has 2 aliphatic heterocycles. The number of aliphatic carboxylic acids is 1. The maximum atomic E-state index is 12.1. The van der Waals surface area contributed by atoms with Gasteiger partial charge in [0.1, 0.15) is 11.3 Å². The molecule has 25 heavy (non-hydrogen) atoms. The highest BCUT2D eigenvalue weighted by Gasteiger charge is 2.54. The van der Waals surface area contributed by atoms with E-state index < -0.39 is 17.7 Å². The van der Waals surface area contributed by atoms with Crippen LogP contribution in [-0.4, -0.2) is 55.8 Å². The van der Waals surface area contributed by atoms with Crippen molar-refractivity contribution in [2.75, 3.05) is 12.3 Å². The van der Waals surface area contributed by atoms with Crippen LogP contribution in [0.4, 0.5) is 4.79 Å². The fourth-order valence-electron chi connectivity index (χ4n) is 2.98. The van der Waals surface area contributed by atoms with Gasteiger partial charge in [0.25, 0.3) is 0 Å². The number of carboxylic acids is 1. The number of amides is 2. The number of halogens is 1. The van der Waals surface area contributed by atoms with E-state index in [2.05, 4.69) is 16.1 Å². The normalized spacial score (nSPS) is 22.6. The van der Waals surface area contributed by atoms with E-state index in [9.17, 15) is 19.5 Å². The molecule has 2 aliphatic rings. The molecule has 1 N–H and O–H groups in total. The molecule has 140 valence electrons. The first-order valence-electron chi connectivity index (χ1n) is 8.15. The van der Waals surface area contributed by atoms with Crippen molar-refractivity contribution in [3.8, 4) is 0 Å². The van der Waals surface area contributed by atoms with Gasteiger partial charge in [0.15, 0.2) is 0 Å². The first kappa shape index (κ1) is 20.1. The van der Waals surface area contributed by atoms with Gasteiger partial charge < -0.3 is 14.7 Å². The lowest BCUT2D eigenvalue weighted by Crippen LogP contribution is -2.58. The van der Waals surface area contributed by atoms with Gasteiger partial charge in [0, 0.05) is 23.6 Å². The van der Waals surface area contributed by atoms with Crippen LogP contribution in [0.25, 0.3) is 0 Å². The van der Waals surface area contributed by atoms with Crippen LogP contribution in [0, 0.1) is 5.92 Å². The van der Waals surface area contributed by atoms with E-state index in [0.717, 1.165) is 6.42 Å². The molecule has 0 saturated carbocycles. The summed E-state index contributed by atoms with van der Waals surface area (Å²) < 4.78 is 6.53. The van der Waals surface area contributed by atoms with Gasteiger partial charge in [-0.2, -0.15) is 0 Å². The fraction of sp³-hybridized carbons (Fsp3) is 0.688. The van der Waals surface area contributed by atoms with Crippen molar-refractivity contribution in [1.29, 1.82) is 0 Å². The van der Waals surface area contributed by atoms with Crippen molar-refractivity contribution in [3.05, 3.63) is 10.6 Å². The molecule has 2 rings (SSSR count). The second kappa shape index (κ2) is 7.57. The molecule has 2 amide bonds. The van der Waals surface area contributed by atoms with Crippen molar-refractivity contribution >= 4 is 45.9 Å². The molecule has 7 nitrogen and oxygen atoms in total. The van der Waals surface area contributed by atoms with E-state index in [4.69, 9.17) is 4.74 Å². The summed E-state index contributed by atoms with van der Waals surface area (Å²) in [5, 5.41) is 9.45. The van der Waals surface area contributed by atoms with E-state index in [-0.39, 0.29) is 23.6 Å². The summed E-state index contributed by atoms with van der Waals surface area (Å²) in [6.07, 6.45) is 0.807. The average molecular weight is 435 g/mol. The van der Waals surface area contributed by atoms with Crippen molar-refractivity contribution in [2.24, 2.45) is 5.92 Å². The van der Waals surface area contributed by atoms with Gasteiger partial charge in [0.2, 0.25) is 5.91 Å². The van der Waals surface area contributed by atoms with Gasteiger partial charge in [0.05, 0.1) is 28.1 Å². The molecule has 0 spiro atoms. The van der Waals surface area contributed by atoms with Gasteiger partial charge in [-0.05, 0) is 27.2 Å². The fourth-order valence-corrected chi connectivity index (χ4v) is 4.60. The SMILES string of the molecule is CCC1C(=O)N2C(C(=O)O)=C(SCCN(Br)C(=O)OC(C)(C)C)CC12. The summed E-state index contributed by atoms with van der Waals surface area (Å²) >= 11 is 4.54. The van der Waals surface area contributed by atoms with Crippen LogP contribution in [0.3, 0.4) is 0 Å². The third kappa shape index (κ3) is 4.31. The standard InChI is InChI=1S/C16H23BrN2O5S/c1-5-9-10-8-11(12(14(21)22)19(10)13(9)20)25-7-6-18(17)15(23)24-16(2,3)4/h9-10H,5-8H2,1-4H3,(H,21,22). The number of carbonyl (C=O) groups is 3. The van der Waals surface area contributed by atoms with Gasteiger partial charge >= 0.3 is 12.1 Å². The molecule has 0 aromatic carbocycles. The van der Waals surface area contributed by atoms with Crippen LogP contribution in [0.15, 0.2) is 10.6 Å². The maximum Gasteiger partial charge on any atom is 0.420 e.